The van der Waals surface area contributed by atoms with Crippen LogP contribution in [0.1, 0.15) is 56.2 Å². The van der Waals surface area contributed by atoms with E-state index in [0.29, 0.717) is 28.2 Å². The number of ketones is 1. The molecule has 1 aromatic heterocycles. The largest absolute Gasteiger partial charge is 0.484 e. The molecule has 0 radical (unpaired) electrons. The van der Waals surface area contributed by atoms with Crippen LogP contribution in [0, 0.1) is 6.92 Å². The fourth-order valence-electron chi connectivity index (χ4n) is 2.63. The maximum atomic E-state index is 12.4. The molecule has 0 bridgehead atoms. The molecule has 0 fully saturated rings. The number of hydrogen-bond donors (Lipinski definition) is 2. The van der Waals surface area contributed by atoms with Crippen LogP contribution in [0.3, 0.4) is 0 Å². The molecule has 0 saturated carbocycles. The smallest absolute Gasteiger partial charge is 0.341 e. The summed E-state index contributed by atoms with van der Waals surface area (Å²) in [6.45, 7) is 4.93. The monoisotopic (exact) mass is 432 g/mol. The minimum atomic E-state index is -0.617. The Hall–Kier alpha value is -3.20. The fraction of sp³-hybridized carbons (Fsp3) is 0.333. The van der Waals surface area contributed by atoms with Crippen LogP contribution < -0.4 is 15.4 Å². The van der Waals surface area contributed by atoms with Gasteiger partial charge >= 0.3 is 5.97 Å². The van der Waals surface area contributed by atoms with E-state index >= 15 is 0 Å². The van der Waals surface area contributed by atoms with Gasteiger partial charge in [-0.15, -0.1) is 11.3 Å². The maximum absolute atomic E-state index is 12.4. The second-order valence-electron chi connectivity index (χ2n) is 6.20. The van der Waals surface area contributed by atoms with Crippen molar-refractivity contribution >= 4 is 39.9 Å². The van der Waals surface area contributed by atoms with Gasteiger partial charge in [0.25, 0.3) is 11.8 Å². The summed E-state index contributed by atoms with van der Waals surface area (Å²) in [6.07, 6.45) is 0.406. The molecule has 2 amide bonds. The minimum absolute atomic E-state index is 0.0192. The zero-order valence-electron chi connectivity index (χ0n) is 17.3. The van der Waals surface area contributed by atoms with Crippen molar-refractivity contribution in [1.29, 1.82) is 0 Å². The van der Waals surface area contributed by atoms with E-state index in [1.165, 1.54) is 7.05 Å². The molecule has 0 spiro atoms. The van der Waals surface area contributed by atoms with Crippen LogP contribution in [0.15, 0.2) is 24.3 Å². The lowest BCUT2D eigenvalue weighted by atomic mass is 10.1. The second kappa shape index (κ2) is 10.5. The summed E-state index contributed by atoms with van der Waals surface area (Å²) in [5.74, 6) is -1.03. The molecule has 0 saturated heterocycles. The highest BCUT2D eigenvalue weighted by molar-refractivity contribution is 7.18. The number of esters is 1. The summed E-state index contributed by atoms with van der Waals surface area (Å²) >= 11 is 0.993. The van der Waals surface area contributed by atoms with Gasteiger partial charge in [-0.2, -0.15) is 0 Å². The van der Waals surface area contributed by atoms with E-state index in [2.05, 4.69) is 10.6 Å². The number of thiophene rings is 1. The SMILES string of the molecule is CCOC(=O)c1c(NC(=O)COc2ccc(C(=O)CC)cc2)sc(C(=O)NC)c1C. The van der Waals surface area contributed by atoms with Gasteiger partial charge in [-0.1, -0.05) is 6.92 Å². The summed E-state index contributed by atoms with van der Waals surface area (Å²) in [4.78, 5) is 48.7. The lowest BCUT2D eigenvalue weighted by Gasteiger charge is -2.09. The number of nitrogens with one attached hydrogen (secondary N) is 2. The van der Waals surface area contributed by atoms with Gasteiger partial charge in [0.15, 0.2) is 12.4 Å². The van der Waals surface area contributed by atoms with E-state index < -0.39 is 11.9 Å². The van der Waals surface area contributed by atoms with Crippen LogP contribution in [0.4, 0.5) is 5.00 Å². The molecule has 9 heteroatoms. The minimum Gasteiger partial charge on any atom is -0.484 e. The van der Waals surface area contributed by atoms with Crippen molar-refractivity contribution in [2.45, 2.75) is 27.2 Å². The predicted octanol–water partition coefficient (Wildman–Crippen LogP) is 3.20. The molecule has 0 aliphatic heterocycles. The van der Waals surface area contributed by atoms with Gasteiger partial charge in [-0.25, -0.2) is 4.79 Å². The van der Waals surface area contributed by atoms with Crippen molar-refractivity contribution in [2.75, 3.05) is 25.6 Å². The van der Waals surface area contributed by atoms with E-state index in [1.807, 2.05) is 0 Å². The molecular formula is C21H24N2O6S. The number of carbonyl (C=O) groups is 4. The highest BCUT2D eigenvalue weighted by atomic mass is 32.1. The van der Waals surface area contributed by atoms with E-state index in [9.17, 15) is 19.2 Å². The van der Waals surface area contributed by atoms with Crippen LogP contribution in [0.5, 0.6) is 5.75 Å². The molecule has 160 valence electrons. The van der Waals surface area contributed by atoms with Crippen molar-refractivity contribution < 1.29 is 28.7 Å². The van der Waals surface area contributed by atoms with Crippen molar-refractivity contribution in [3.63, 3.8) is 0 Å². The Morgan fingerprint density at radius 1 is 1.07 bits per heavy atom. The highest BCUT2D eigenvalue weighted by Crippen LogP contribution is 2.33. The average molecular weight is 432 g/mol. The summed E-state index contributed by atoms with van der Waals surface area (Å²) in [7, 11) is 1.48. The number of amides is 2. The van der Waals surface area contributed by atoms with Crippen LogP contribution in [-0.2, 0) is 9.53 Å². The van der Waals surface area contributed by atoms with Gasteiger partial charge in [-0.3, -0.25) is 14.4 Å². The summed E-state index contributed by atoms with van der Waals surface area (Å²) in [6, 6.07) is 6.49. The third-order valence-electron chi connectivity index (χ3n) is 4.18. The van der Waals surface area contributed by atoms with Gasteiger partial charge in [0.2, 0.25) is 0 Å². The van der Waals surface area contributed by atoms with Crippen molar-refractivity contribution in [1.82, 2.24) is 5.32 Å². The first-order valence-corrected chi connectivity index (χ1v) is 10.2. The third-order valence-corrected chi connectivity index (χ3v) is 5.39. The van der Waals surface area contributed by atoms with Gasteiger partial charge in [-0.05, 0) is 43.7 Å². The molecule has 0 atom stereocenters. The zero-order valence-corrected chi connectivity index (χ0v) is 18.1. The normalized spacial score (nSPS) is 10.3. The van der Waals surface area contributed by atoms with E-state index in [4.69, 9.17) is 9.47 Å². The standard InChI is InChI=1S/C21H24N2O6S/c1-5-15(24)13-7-9-14(10-8-13)29-11-16(25)23-20-17(21(27)28-6-2)12(3)18(30-20)19(26)22-4/h7-10H,5-6,11H2,1-4H3,(H,22,26)(H,23,25). The lowest BCUT2D eigenvalue weighted by Crippen LogP contribution is -2.21. The van der Waals surface area contributed by atoms with E-state index in [1.54, 1.807) is 45.0 Å². The number of hydrogen-bond acceptors (Lipinski definition) is 7. The first-order valence-electron chi connectivity index (χ1n) is 9.40. The van der Waals surface area contributed by atoms with Crippen molar-refractivity contribution in [2.24, 2.45) is 0 Å². The molecule has 2 rings (SSSR count). The Kier molecular flexibility index (Phi) is 8.11. The Bertz CT molecular complexity index is 949. The predicted molar refractivity (Wildman–Crippen MR) is 114 cm³/mol. The highest BCUT2D eigenvalue weighted by Gasteiger charge is 2.26. The van der Waals surface area contributed by atoms with Crippen LogP contribution in [-0.4, -0.2) is 43.8 Å². The lowest BCUT2D eigenvalue weighted by molar-refractivity contribution is -0.118. The maximum Gasteiger partial charge on any atom is 0.341 e. The van der Waals surface area contributed by atoms with E-state index in [0.717, 1.165) is 11.3 Å². The Balaban J connectivity index is 2.12. The Morgan fingerprint density at radius 3 is 2.30 bits per heavy atom. The molecule has 0 aliphatic carbocycles. The number of rotatable bonds is 9. The van der Waals surface area contributed by atoms with Crippen LogP contribution in [0.25, 0.3) is 0 Å². The molecule has 2 aromatic rings. The van der Waals surface area contributed by atoms with Crippen molar-refractivity contribution in [3.05, 3.63) is 45.8 Å². The average Bonchev–Trinajstić information content (AvgIpc) is 3.07. The zero-order chi connectivity index (χ0) is 22.3. The Morgan fingerprint density at radius 2 is 1.73 bits per heavy atom. The summed E-state index contributed by atoms with van der Waals surface area (Å²) in [5.41, 5.74) is 1.16. The molecule has 0 unspecified atom stereocenters. The quantitative estimate of drug-likeness (QED) is 0.465. The number of ether oxygens (including phenoxy) is 2. The number of carbonyl (C=O) groups excluding carboxylic acids is 4. The second-order valence-corrected chi connectivity index (χ2v) is 7.22. The first-order chi connectivity index (χ1) is 14.3. The number of anilines is 1. The molecule has 1 aromatic carbocycles. The van der Waals surface area contributed by atoms with Gasteiger partial charge in [0.1, 0.15) is 10.8 Å². The first kappa shape index (κ1) is 23.1. The van der Waals surface area contributed by atoms with Gasteiger partial charge in [0.05, 0.1) is 17.0 Å². The van der Waals surface area contributed by atoms with Gasteiger partial charge in [0, 0.05) is 19.0 Å². The number of benzene rings is 1. The molecule has 2 N–H and O–H groups in total. The molecular weight excluding hydrogens is 408 g/mol. The molecule has 30 heavy (non-hydrogen) atoms. The molecule has 0 aliphatic rings. The third kappa shape index (κ3) is 5.44. The van der Waals surface area contributed by atoms with Crippen LogP contribution >= 0.6 is 11.3 Å². The summed E-state index contributed by atoms with van der Waals surface area (Å²) < 4.78 is 10.5. The fourth-order valence-corrected chi connectivity index (χ4v) is 3.79. The number of Topliss-reactive ketones (excluding diaryl/α,β-unsaturated/α-hetero) is 1. The molecule has 8 nitrogen and oxygen atoms in total. The van der Waals surface area contributed by atoms with E-state index in [-0.39, 0.29) is 35.5 Å². The van der Waals surface area contributed by atoms with Crippen molar-refractivity contribution in [3.8, 4) is 5.75 Å². The van der Waals surface area contributed by atoms with Crippen LogP contribution in [0.2, 0.25) is 0 Å². The van der Waals surface area contributed by atoms with Gasteiger partial charge < -0.3 is 20.1 Å². The molecule has 1 heterocycles. The Labute approximate surface area is 178 Å². The topological polar surface area (TPSA) is 111 Å². The summed E-state index contributed by atoms with van der Waals surface area (Å²) in [5, 5.41) is 5.35.